The summed E-state index contributed by atoms with van der Waals surface area (Å²) >= 11 is 1.54. The molecule has 0 radical (unpaired) electrons. The topological polar surface area (TPSA) is 38.9 Å². The van der Waals surface area contributed by atoms with E-state index >= 15 is 0 Å². The van der Waals surface area contributed by atoms with E-state index in [2.05, 4.69) is 4.98 Å². The fourth-order valence-corrected chi connectivity index (χ4v) is 2.65. The van der Waals surface area contributed by atoms with Gasteiger partial charge in [-0.2, -0.15) is 0 Å². The molecule has 1 heterocycles. The van der Waals surface area contributed by atoms with E-state index in [9.17, 15) is 8.78 Å². The van der Waals surface area contributed by atoms with Crippen molar-refractivity contribution in [1.82, 2.24) is 4.98 Å². The second-order valence-electron chi connectivity index (χ2n) is 4.26. The number of thiazole rings is 1. The normalized spacial score (nSPS) is 12.7. The van der Waals surface area contributed by atoms with Crippen LogP contribution in [0.25, 0.3) is 0 Å². The fourth-order valence-electron chi connectivity index (χ4n) is 1.78. The van der Waals surface area contributed by atoms with Crippen LogP contribution in [0, 0.1) is 18.6 Å². The first kappa shape index (κ1) is 13.1. The van der Waals surface area contributed by atoms with E-state index in [0.717, 1.165) is 16.8 Å². The number of hydrogen-bond donors (Lipinski definition) is 1. The summed E-state index contributed by atoms with van der Waals surface area (Å²) in [6.45, 7) is 1.91. The van der Waals surface area contributed by atoms with Crippen molar-refractivity contribution >= 4 is 11.3 Å². The molecule has 0 aliphatic carbocycles. The molecule has 1 unspecified atom stereocenters. The van der Waals surface area contributed by atoms with Crippen LogP contribution in [0.5, 0.6) is 0 Å². The summed E-state index contributed by atoms with van der Waals surface area (Å²) in [6.07, 6.45) is 0.886. The average Bonchev–Trinajstić information content (AvgIpc) is 2.70. The highest BCUT2D eigenvalue weighted by atomic mass is 32.1. The molecular formula is C13H14F2N2S. The van der Waals surface area contributed by atoms with Gasteiger partial charge < -0.3 is 5.73 Å². The monoisotopic (exact) mass is 268 g/mol. The third kappa shape index (κ3) is 3.11. The second-order valence-corrected chi connectivity index (χ2v) is 5.21. The lowest BCUT2D eigenvalue weighted by Crippen LogP contribution is -2.26. The lowest BCUT2D eigenvalue weighted by atomic mass is 10.0. The van der Waals surface area contributed by atoms with Crippen molar-refractivity contribution in [2.45, 2.75) is 25.8 Å². The van der Waals surface area contributed by atoms with E-state index in [-0.39, 0.29) is 6.04 Å². The van der Waals surface area contributed by atoms with E-state index in [4.69, 9.17) is 5.73 Å². The second kappa shape index (κ2) is 5.54. The predicted molar refractivity (Wildman–Crippen MR) is 68.6 cm³/mol. The maximum Gasteiger partial charge on any atom is 0.162 e. The minimum atomic E-state index is -0.829. The first-order chi connectivity index (χ1) is 8.56. The molecule has 2 nitrogen and oxygen atoms in total. The fraction of sp³-hybridized carbons (Fsp3) is 0.308. The molecular weight excluding hydrogens is 254 g/mol. The molecule has 0 saturated heterocycles. The van der Waals surface area contributed by atoms with Gasteiger partial charge in [0.05, 0.1) is 5.01 Å². The molecule has 1 atom stereocenters. The van der Waals surface area contributed by atoms with Gasteiger partial charge in [0.25, 0.3) is 0 Å². The maximum atomic E-state index is 13.5. The van der Waals surface area contributed by atoms with Gasteiger partial charge in [-0.15, -0.1) is 11.3 Å². The molecule has 0 aliphatic rings. The molecule has 96 valence electrons. The van der Waals surface area contributed by atoms with Crippen LogP contribution in [0.4, 0.5) is 8.78 Å². The predicted octanol–water partition coefficient (Wildman–Crippen LogP) is 2.84. The molecule has 2 N–H and O–H groups in total. The lowest BCUT2D eigenvalue weighted by molar-refractivity contribution is 0.492. The van der Waals surface area contributed by atoms with Crippen molar-refractivity contribution in [3.05, 3.63) is 51.5 Å². The van der Waals surface area contributed by atoms with Gasteiger partial charge >= 0.3 is 0 Å². The molecule has 2 aromatic rings. The zero-order valence-corrected chi connectivity index (χ0v) is 10.8. The van der Waals surface area contributed by atoms with Gasteiger partial charge in [0.1, 0.15) is 0 Å². The molecule has 18 heavy (non-hydrogen) atoms. The van der Waals surface area contributed by atoms with Crippen LogP contribution in [0.3, 0.4) is 0 Å². The molecule has 1 aromatic carbocycles. The lowest BCUT2D eigenvalue weighted by Gasteiger charge is -2.10. The molecule has 0 fully saturated rings. The highest BCUT2D eigenvalue weighted by Gasteiger charge is 2.13. The van der Waals surface area contributed by atoms with Crippen LogP contribution in [-0.4, -0.2) is 11.0 Å². The van der Waals surface area contributed by atoms with E-state index < -0.39 is 11.6 Å². The van der Waals surface area contributed by atoms with Gasteiger partial charge in [-0.25, -0.2) is 13.8 Å². The van der Waals surface area contributed by atoms with Gasteiger partial charge in [0.15, 0.2) is 11.6 Å². The minimum absolute atomic E-state index is 0.258. The maximum absolute atomic E-state index is 13.5. The number of nitrogens with zero attached hydrogens (tertiary/aromatic N) is 1. The number of aromatic nitrogens is 1. The Morgan fingerprint density at radius 2 is 2.11 bits per heavy atom. The van der Waals surface area contributed by atoms with Crippen molar-refractivity contribution in [1.29, 1.82) is 0 Å². The van der Waals surface area contributed by atoms with Crippen LogP contribution in [0.1, 0.15) is 16.3 Å². The van der Waals surface area contributed by atoms with Crippen molar-refractivity contribution in [3.63, 3.8) is 0 Å². The van der Waals surface area contributed by atoms with Crippen molar-refractivity contribution in [2.24, 2.45) is 5.73 Å². The zero-order chi connectivity index (χ0) is 13.1. The highest BCUT2D eigenvalue weighted by molar-refractivity contribution is 7.09. The number of benzene rings is 1. The summed E-state index contributed by atoms with van der Waals surface area (Å²) in [4.78, 5) is 4.30. The average molecular weight is 268 g/mol. The van der Waals surface area contributed by atoms with Crippen LogP contribution in [-0.2, 0) is 12.8 Å². The summed E-state index contributed by atoms with van der Waals surface area (Å²) < 4.78 is 26.5. The summed E-state index contributed by atoms with van der Waals surface area (Å²) in [7, 11) is 0. The summed E-state index contributed by atoms with van der Waals surface area (Å²) in [5, 5.41) is 2.88. The smallest absolute Gasteiger partial charge is 0.162 e. The molecule has 0 bridgehead atoms. The van der Waals surface area contributed by atoms with Crippen LogP contribution < -0.4 is 5.73 Å². The highest BCUT2D eigenvalue weighted by Crippen LogP contribution is 2.16. The van der Waals surface area contributed by atoms with Crippen LogP contribution in [0.15, 0.2) is 23.6 Å². The SMILES string of the molecule is Cc1csc(CC(N)Cc2cccc(F)c2F)n1. The summed E-state index contributed by atoms with van der Waals surface area (Å²) in [6, 6.07) is 3.90. The van der Waals surface area contributed by atoms with Crippen molar-refractivity contribution in [2.75, 3.05) is 0 Å². The standard InChI is InChI=1S/C13H14F2N2S/c1-8-7-18-12(17-8)6-10(16)5-9-3-2-4-11(14)13(9)15/h2-4,7,10H,5-6,16H2,1H3. The van der Waals surface area contributed by atoms with E-state index in [1.807, 2.05) is 12.3 Å². The summed E-state index contributed by atoms with van der Waals surface area (Å²) in [5.41, 5.74) is 7.22. The Morgan fingerprint density at radius 3 is 2.78 bits per heavy atom. The number of rotatable bonds is 4. The Hall–Kier alpha value is -1.33. The first-order valence-corrected chi connectivity index (χ1v) is 6.53. The number of nitrogens with two attached hydrogens (primary N) is 1. The molecule has 2 rings (SSSR count). The third-order valence-electron chi connectivity index (χ3n) is 2.62. The molecule has 5 heteroatoms. The molecule has 0 amide bonds. The van der Waals surface area contributed by atoms with Crippen LogP contribution >= 0.6 is 11.3 Å². The van der Waals surface area contributed by atoms with Crippen molar-refractivity contribution in [3.8, 4) is 0 Å². The Morgan fingerprint density at radius 1 is 1.33 bits per heavy atom. The van der Waals surface area contributed by atoms with E-state index in [1.165, 1.54) is 17.4 Å². The van der Waals surface area contributed by atoms with Gasteiger partial charge in [-0.3, -0.25) is 0 Å². The van der Waals surface area contributed by atoms with Gasteiger partial charge in [-0.1, -0.05) is 12.1 Å². The minimum Gasteiger partial charge on any atom is -0.327 e. The Balaban J connectivity index is 2.03. The summed E-state index contributed by atoms with van der Waals surface area (Å²) in [5.74, 6) is -1.63. The number of aryl methyl sites for hydroxylation is 1. The van der Waals surface area contributed by atoms with Gasteiger partial charge in [0, 0.05) is 23.5 Å². The van der Waals surface area contributed by atoms with Gasteiger partial charge in [-0.05, 0) is 25.0 Å². The number of hydrogen-bond acceptors (Lipinski definition) is 3. The molecule has 1 aromatic heterocycles. The molecule has 0 aliphatic heterocycles. The molecule has 0 saturated carbocycles. The first-order valence-electron chi connectivity index (χ1n) is 5.65. The Kier molecular flexibility index (Phi) is 4.04. The van der Waals surface area contributed by atoms with Crippen LogP contribution in [0.2, 0.25) is 0 Å². The Labute approximate surface area is 108 Å². The van der Waals surface area contributed by atoms with E-state index in [1.54, 1.807) is 6.07 Å². The Bertz CT molecular complexity index is 540. The van der Waals surface area contributed by atoms with Crippen molar-refractivity contribution < 1.29 is 8.78 Å². The zero-order valence-electron chi connectivity index (χ0n) is 9.99. The quantitative estimate of drug-likeness (QED) is 0.926. The number of halogens is 2. The third-order valence-corrected chi connectivity index (χ3v) is 3.61. The molecule has 0 spiro atoms. The van der Waals surface area contributed by atoms with E-state index in [0.29, 0.717) is 18.4 Å². The van der Waals surface area contributed by atoms with Gasteiger partial charge in [0.2, 0.25) is 0 Å². The largest absolute Gasteiger partial charge is 0.327 e.